The van der Waals surface area contributed by atoms with Crippen LogP contribution in [0, 0.1) is 6.92 Å². The highest BCUT2D eigenvalue weighted by molar-refractivity contribution is 9.10. The summed E-state index contributed by atoms with van der Waals surface area (Å²) in [6.07, 6.45) is 0. The standard InChI is InChI=1S/C13H18BrN3O2/c1-9-4-5-10(14)8-11(9)12(18)15-6-7-16-13(19)17(2)3/h4-5,8H,6-7H2,1-3H3,(H,15,18)(H,16,19). The molecule has 19 heavy (non-hydrogen) atoms. The van der Waals surface area contributed by atoms with Gasteiger partial charge in [-0.05, 0) is 24.6 Å². The summed E-state index contributed by atoms with van der Waals surface area (Å²) in [5.74, 6) is -0.141. The molecule has 0 spiro atoms. The maximum atomic E-state index is 11.9. The van der Waals surface area contributed by atoms with Gasteiger partial charge in [-0.25, -0.2) is 4.79 Å². The third-order valence-corrected chi connectivity index (χ3v) is 3.03. The molecule has 0 atom stereocenters. The maximum absolute atomic E-state index is 11.9. The Morgan fingerprint density at radius 1 is 1.21 bits per heavy atom. The summed E-state index contributed by atoms with van der Waals surface area (Å²) in [6.45, 7) is 2.68. The van der Waals surface area contributed by atoms with E-state index in [1.54, 1.807) is 20.2 Å². The van der Waals surface area contributed by atoms with Crippen molar-refractivity contribution < 1.29 is 9.59 Å². The van der Waals surface area contributed by atoms with Crippen LogP contribution in [0.15, 0.2) is 22.7 Å². The van der Waals surface area contributed by atoms with Gasteiger partial charge in [0.15, 0.2) is 0 Å². The van der Waals surface area contributed by atoms with E-state index in [0.717, 1.165) is 10.0 Å². The van der Waals surface area contributed by atoms with E-state index in [1.807, 2.05) is 19.1 Å². The Morgan fingerprint density at radius 2 is 1.84 bits per heavy atom. The number of halogens is 1. The first kappa shape index (κ1) is 15.5. The Kier molecular flexibility index (Phi) is 5.82. The smallest absolute Gasteiger partial charge is 0.316 e. The van der Waals surface area contributed by atoms with Gasteiger partial charge in [-0.3, -0.25) is 4.79 Å². The first-order valence-electron chi connectivity index (χ1n) is 5.91. The van der Waals surface area contributed by atoms with Gasteiger partial charge in [0.05, 0.1) is 0 Å². The van der Waals surface area contributed by atoms with Crippen LogP contribution in [-0.4, -0.2) is 44.0 Å². The molecule has 104 valence electrons. The topological polar surface area (TPSA) is 61.4 Å². The molecule has 0 aromatic heterocycles. The number of hydrogen-bond acceptors (Lipinski definition) is 2. The van der Waals surface area contributed by atoms with Crippen molar-refractivity contribution in [2.45, 2.75) is 6.92 Å². The Bertz CT molecular complexity index is 475. The Balaban J connectivity index is 2.44. The van der Waals surface area contributed by atoms with Crippen molar-refractivity contribution in [3.8, 4) is 0 Å². The number of rotatable bonds is 4. The number of hydrogen-bond donors (Lipinski definition) is 2. The van der Waals surface area contributed by atoms with E-state index in [0.29, 0.717) is 18.7 Å². The van der Waals surface area contributed by atoms with Crippen LogP contribution in [0.1, 0.15) is 15.9 Å². The van der Waals surface area contributed by atoms with Crippen LogP contribution in [0.3, 0.4) is 0 Å². The van der Waals surface area contributed by atoms with E-state index in [-0.39, 0.29) is 11.9 Å². The molecule has 0 saturated carbocycles. The molecule has 0 saturated heterocycles. The fourth-order valence-corrected chi connectivity index (χ4v) is 1.80. The van der Waals surface area contributed by atoms with E-state index < -0.39 is 0 Å². The van der Waals surface area contributed by atoms with Gasteiger partial charge in [0.25, 0.3) is 5.91 Å². The monoisotopic (exact) mass is 327 g/mol. The number of aryl methyl sites for hydroxylation is 1. The molecule has 0 heterocycles. The lowest BCUT2D eigenvalue weighted by atomic mass is 10.1. The molecule has 0 aliphatic rings. The fraction of sp³-hybridized carbons (Fsp3) is 0.385. The number of amides is 3. The molecule has 0 fully saturated rings. The van der Waals surface area contributed by atoms with Gasteiger partial charge in [-0.15, -0.1) is 0 Å². The summed E-state index contributed by atoms with van der Waals surface area (Å²) >= 11 is 3.34. The van der Waals surface area contributed by atoms with Crippen LogP contribution in [0.5, 0.6) is 0 Å². The lowest BCUT2D eigenvalue weighted by Gasteiger charge is -2.12. The second kappa shape index (κ2) is 7.13. The third-order valence-electron chi connectivity index (χ3n) is 2.54. The predicted octanol–water partition coefficient (Wildman–Crippen LogP) is 1.76. The molecule has 6 heteroatoms. The first-order valence-corrected chi connectivity index (χ1v) is 6.70. The average molecular weight is 328 g/mol. The molecule has 0 aliphatic heterocycles. The van der Waals surface area contributed by atoms with Crippen LogP contribution in [-0.2, 0) is 0 Å². The predicted molar refractivity (Wildman–Crippen MR) is 78.3 cm³/mol. The summed E-state index contributed by atoms with van der Waals surface area (Å²) in [5.41, 5.74) is 1.55. The molecule has 1 aromatic carbocycles. The summed E-state index contributed by atoms with van der Waals surface area (Å²) in [6, 6.07) is 5.38. The van der Waals surface area contributed by atoms with E-state index >= 15 is 0 Å². The number of nitrogens with one attached hydrogen (secondary N) is 2. The van der Waals surface area contributed by atoms with Crippen molar-refractivity contribution >= 4 is 27.9 Å². The highest BCUT2D eigenvalue weighted by Crippen LogP contribution is 2.15. The molecular weight excluding hydrogens is 310 g/mol. The Morgan fingerprint density at radius 3 is 2.47 bits per heavy atom. The number of benzene rings is 1. The van der Waals surface area contributed by atoms with Crippen molar-refractivity contribution in [3.05, 3.63) is 33.8 Å². The summed E-state index contributed by atoms with van der Waals surface area (Å²) < 4.78 is 0.865. The molecule has 0 unspecified atom stereocenters. The minimum atomic E-state index is -0.173. The molecule has 1 aromatic rings. The quantitative estimate of drug-likeness (QED) is 0.828. The average Bonchev–Trinajstić information content (AvgIpc) is 2.36. The SMILES string of the molecule is Cc1ccc(Br)cc1C(=O)NCCNC(=O)N(C)C. The molecule has 1 rings (SSSR count). The summed E-state index contributed by atoms with van der Waals surface area (Å²) in [7, 11) is 3.33. The Hall–Kier alpha value is -1.56. The highest BCUT2D eigenvalue weighted by atomic mass is 79.9. The van der Waals surface area contributed by atoms with Crippen molar-refractivity contribution in [2.24, 2.45) is 0 Å². The second-order valence-corrected chi connectivity index (χ2v) is 5.26. The summed E-state index contributed by atoms with van der Waals surface area (Å²) in [5, 5.41) is 5.45. The molecule has 3 amide bonds. The van der Waals surface area contributed by atoms with E-state index in [1.165, 1.54) is 4.90 Å². The lowest BCUT2D eigenvalue weighted by Crippen LogP contribution is -2.39. The van der Waals surface area contributed by atoms with E-state index in [4.69, 9.17) is 0 Å². The molecule has 0 bridgehead atoms. The van der Waals surface area contributed by atoms with Crippen molar-refractivity contribution in [3.63, 3.8) is 0 Å². The number of nitrogens with zero attached hydrogens (tertiary/aromatic N) is 1. The highest BCUT2D eigenvalue weighted by Gasteiger charge is 2.09. The van der Waals surface area contributed by atoms with Crippen LogP contribution < -0.4 is 10.6 Å². The summed E-state index contributed by atoms with van der Waals surface area (Å²) in [4.78, 5) is 24.6. The van der Waals surface area contributed by atoms with Gasteiger partial charge < -0.3 is 15.5 Å². The Labute approximate surface area is 121 Å². The molecule has 0 aliphatic carbocycles. The number of carbonyl (C=O) groups is 2. The zero-order valence-corrected chi connectivity index (χ0v) is 12.9. The molecule has 2 N–H and O–H groups in total. The third kappa shape index (κ3) is 4.90. The van der Waals surface area contributed by atoms with Crippen LogP contribution in [0.25, 0.3) is 0 Å². The zero-order valence-electron chi connectivity index (χ0n) is 11.3. The van der Waals surface area contributed by atoms with Crippen molar-refractivity contribution in [1.82, 2.24) is 15.5 Å². The van der Waals surface area contributed by atoms with Gasteiger partial charge >= 0.3 is 6.03 Å². The molecule has 0 radical (unpaired) electrons. The minimum Gasteiger partial charge on any atom is -0.350 e. The molecular formula is C13H18BrN3O2. The fourth-order valence-electron chi connectivity index (χ4n) is 1.44. The van der Waals surface area contributed by atoms with Crippen molar-refractivity contribution in [1.29, 1.82) is 0 Å². The van der Waals surface area contributed by atoms with Gasteiger partial charge in [-0.2, -0.15) is 0 Å². The number of urea groups is 1. The van der Waals surface area contributed by atoms with Crippen LogP contribution in [0.2, 0.25) is 0 Å². The normalized spacial score (nSPS) is 9.89. The lowest BCUT2D eigenvalue weighted by molar-refractivity contribution is 0.0953. The number of carbonyl (C=O) groups excluding carboxylic acids is 2. The van der Waals surface area contributed by atoms with Gasteiger partial charge in [-0.1, -0.05) is 22.0 Å². The first-order chi connectivity index (χ1) is 8.91. The maximum Gasteiger partial charge on any atom is 0.316 e. The van der Waals surface area contributed by atoms with Gasteiger partial charge in [0.2, 0.25) is 0 Å². The van der Waals surface area contributed by atoms with Gasteiger partial charge in [0, 0.05) is 37.2 Å². The van der Waals surface area contributed by atoms with Crippen LogP contribution >= 0.6 is 15.9 Å². The minimum absolute atomic E-state index is 0.141. The zero-order chi connectivity index (χ0) is 14.4. The van der Waals surface area contributed by atoms with Gasteiger partial charge in [0.1, 0.15) is 0 Å². The van der Waals surface area contributed by atoms with Crippen molar-refractivity contribution in [2.75, 3.05) is 27.2 Å². The largest absolute Gasteiger partial charge is 0.350 e. The van der Waals surface area contributed by atoms with Crippen LogP contribution in [0.4, 0.5) is 4.79 Å². The van der Waals surface area contributed by atoms with E-state index in [2.05, 4.69) is 26.6 Å². The molecule has 5 nitrogen and oxygen atoms in total. The van der Waals surface area contributed by atoms with E-state index in [9.17, 15) is 9.59 Å². The second-order valence-electron chi connectivity index (χ2n) is 4.34.